The van der Waals surface area contributed by atoms with Gasteiger partial charge in [0.25, 0.3) is 0 Å². The summed E-state index contributed by atoms with van der Waals surface area (Å²) >= 11 is 0. The van der Waals surface area contributed by atoms with E-state index in [4.69, 9.17) is 0 Å². The number of nitrogens with one attached hydrogen (secondary N) is 2. The average molecular weight is 408 g/mol. The molecule has 0 spiro atoms. The maximum absolute atomic E-state index is 14.3. The molecule has 2 aromatic heterocycles. The molecule has 1 aliphatic rings. The molecule has 0 unspecified atom stereocenters. The van der Waals surface area contributed by atoms with Crippen LogP contribution in [-0.2, 0) is 16.2 Å². The number of hydrogen-bond acceptors (Lipinski definition) is 6. The van der Waals surface area contributed by atoms with Crippen LogP contribution in [0.4, 0.5) is 23.5 Å². The van der Waals surface area contributed by atoms with E-state index in [1.165, 1.54) is 12.5 Å². The lowest BCUT2D eigenvalue weighted by Gasteiger charge is -2.33. The highest BCUT2D eigenvalue weighted by atomic mass is 32.2. The number of piperidine rings is 1. The minimum Gasteiger partial charge on any atom is -0.351 e. The summed E-state index contributed by atoms with van der Waals surface area (Å²) in [6, 6.07) is -0.827. The van der Waals surface area contributed by atoms with E-state index in [2.05, 4.69) is 25.3 Å². The molecule has 3 heterocycles. The molecule has 0 aromatic carbocycles. The topological polar surface area (TPSA) is 104 Å². The van der Waals surface area contributed by atoms with Crippen LogP contribution in [-0.4, -0.2) is 64.2 Å². The van der Waals surface area contributed by atoms with Gasteiger partial charge >= 0.3 is 6.18 Å². The monoisotopic (exact) mass is 408 g/mol. The lowest BCUT2D eigenvalue weighted by molar-refractivity contribution is -0.137. The Morgan fingerprint density at radius 3 is 2.63 bits per heavy atom. The molecule has 2 aromatic rings. The van der Waals surface area contributed by atoms with Crippen molar-refractivity contribution in [1.29, 1.82) is 0 Å². The average Bonchev–Trinajstić information content (AvgIpc) is 3.09. The van der Waals surface area contributed by atoms with E-state index in [0.29, 0.717) is 6.20 Å². The molecule has 0 radical (unpaired) electrons. The van der Waals surface area contributed by atoms with Gasteiger partial charge in [-0.15, -0.1) is 0 Å². The van der Waals surface area contributed by atoms with E-state index in [1.807, 2.05) is 0 Å². The third-order valence-corrected chi connectivity index (χ3v) is 5.39. The van der Waals surface area contributed by atoms with Crippen LogP contribution < -0.4 is 5.32 Å². The number of H-pyrrole nitrogens is 1. The number of sulfonamides is 1. The Kier molecular flexibility index (Phi) is 5.08. The van der Waals surface area contributed by atoms with E-state index >= 15 is 0 Å². The SMILES string of the molecule is CS(=O)(=O)N1CC[C@@H](Nc2ncc(C(F)(F)F)c(-c3c[nH]cn3)n2)[C@H](F)C1. The molecule has 2 N–H and O–H groups in total. The van der Waals surface area contributed by atoms with Crippen molar-refractivity contribution in [3.8, 4) is 11.4 Å². The smallest absolute Gasteiger partial charge is 0.351 e. The first-order chi connectivity index (χ1) is 12.6. The number of hydrogen-bond donors (Lipinski definition) is 2. The molecule has 0 aliphatic carbocycles. The Labute approximate surface area is 152 Å². The summed E-state index contributed by atoms with van der Waals surface area (Å²) in [7, 11) is -3.52. The number of nitrogens with zero attached hydrogens (tertiary/aromatic N) is 4. The standard InChI is InChI=1S/C14H16F4N6O2S/c1-27(25,26)24-3-2-10(9(15)6-24)22-13-20-4-8(14(16,17)18)12(23-13)11-5-19-7-21-11/h4-5,7,9-10H,2-3,6H2,1H3,(H,19,21)(H,20,22,23)/t9-,10-/m1/s1. The fourth-order valence-electron chi connectivity index (χ4n) is 2.75. The first-order valence-electron chi connectivity index (χ1n) is 7.85. The van der Waals surface area contributed by atoms with Crippen LogP contribution >= 0.6 is 0 Å². The van der Waals surface area contributed by atoms with Crippen molar-refractivity contribution in [3.63, 3.8) is 0 Å². The van der Waals surface area contributed by atoms with Gasteiger partial charge in [-0.2, -0.15) is 17.5 Å². The molecule has 0 saturated carbocycles. The van der Waals surface area contributed by atoms with Crippen molar-refractivity contribution in [3.05, 3.63) is 24.3 Å². The predicted octanol–water partition coefficient (Wildman–Crippen LogP) is 1.67. The Morgan fingerprint density at radius 1 is 1.33 bits per heavy atom. The van der Waals surface area contributed by atoms with Crippen molar-refractivity contribution in [2.45, 2.75) is 24.8 Å². The van der Waals surface area contributed by atoms with Crippen LogP contribution in [0.15, 0.2) is 18.7 Å². The quantitative estimate of drug-likeness (QED) is 0.746. The van der Waals surface area contributed by atoms with Crippen LogP contribution in [0.2, 0.25) is 0 Å². The summed E-state index contributed by atoms with van der Waals surface area (Å²) in [6.45, 7) is -0.257. The number of alkyl halides is 4. The fourth-order valence-corrected chi connectivity index (χ4v) is 3.60. The zero-order chi connectivity index (χ0) is 19.8. The summed E-state index contributed by atoms with van der Waals surface area (Å²) in [5.74, 6) is -0.193. The molecule has 27 heavy (non-hydrogen) atoms. The minimum atomic E-state index is -4.68. The third-order valence-electron chi connectivity index (χ3n) is 4.12. The van der Waals surface area contributed by atoms with Gasteiger partial charge in [-0.3, -0.25) is 0 Å². The van der Waals surface area contributed by atoms with Crippen molar-refractivity contribution < 1.29 is 26.0 Å². The Morgan fingerprint density at radius 2 is 2.07 bits per heavy atom. The first-order valence-corrected chi connectivity index (χ1v) is 9.69. The highest BCUT2D eigenvalue weighted by molar-refractivity contribution is 7.88. The van der Waals surface area contributed by atoms with Gasteiger partial charge in [0.1, 0.15) is 23.1 Å². The summed E-state index contributed by atoms with van der Waals surface area (Å²) in [5.41, 5.74) is -1.54. The van der Waals surface area contributed by atoms with E-state index in [-0.39, 0.29) is 31.2 Å². The molecule has 13 heteroatoms. The van der Waals surface area contributed by atoms with Crippen molar-refractivity contribution in [2.75, 3.05) is 24.7 Å². The van der Waals surface area contributed by atoms with Crippen molar-refractivity contribution >= 4 is 16.0 Å². The number of halogens is 4. The molecule has 1 fully saturated rings. The highest BCUT2D eigenvalue weighted by Gasteiger charge is 2.37. The van der Waals surface area contributed by atoms with Gasteiger partial charge in [-0.1, -0.05) is 0 Å². The maximum atomic E-state index is 14.3. The van der Waals surface area contributed by atoms with Gasteiger partial charge in [0.15, 0.2) is 0 Å². The predicted molar refractivity (Wildman–Crippen MR) is 88.0 cm³/mol. The van der Waals surface area contributed by atoms with Gasteiger partial charge in [0.2, 0.25) is 16.0 Å². The number of imidazole rings is 1. The number of anilines is 1. The van der Waals surface area contributed by atoms with E-state index in [1.54, 1.807) is 0 Å². The van der Waals surface area contributed by atoms with Gasteiger partial charge in [-0.25, -0.2) is 27.8 Å². The molecule has 1 aliphatic heterocycles. The maximum Gasteiger partial charge on any atom is 0.420 e. The molecule has 0 amide bonds. The fraction of sp³-hybridized carbons (Fsp3) is 0.500. The summed E-state index contributed by atoms with van der Waals surface area (Å²) in [4.78, 5) is 13.8. The largest absolute Gasteiger partial charge is 0.420 e. The van der Waals surface area contributed by atoms with Crippen molar-refractivity contribution in [1.82, 2.24) is 24.2 Å². The second kappa shape index (κ2) is 7.03. The summed E-state index contributed by atoms with van der Waals surface area (Å²) in [6.07, 6.45) is -2.06. The second-order valence-corrected chi connectivity index (χ2v) is 8.07. The van der Waals surface area contributed by atoms with Crippen LogP contribution in [0.25, 0.3) is 11.4 Å². The molecule has 1 saturated heterocycles. The normalized spacial score (nSPS) is 22.0. The van der Waals surface area contributed by atoms with Gasteiger partial charge in [0.05, 0.1) is 18.6 Å². The molecule has 148 valence electrons. The number of rotatable bonds is 4. The molecular formula is C14H16F4N6O2S. The number of aromatic amines is 1. The van der Waals surface area contributed by atoms with Gasteiger partial charge < -0.3 is 10.3 Å². The summed E-state index contributed by atoms with van der Waals surface area (Å²) in [5, 5.41) is 2.66. The molecule has 8 nitrogen and oxygen atoms in total. The van der Waals surface area contributed by atoms with Crippen LogP contribution in [0, 0.1) is 0 Å². The van der Waals surface area contributed by atoms with E-state index < -0.39 is 39.7 Å². The summed E-state index contributed by atoms with van der Waals surface area (Å²) < 4.78 is 77.9. The van der Waals surface area contributed by atoms with Crippen LogP contribution in [0.3, 0.4) is 0 Å². The Bertz CT molecular complexity index is 903. The Balaban J connectivity index is 1.83. The molecule has 0 bridgehead atoms. The first kappa shape index (κ1) is 19.5. The van der Waals surface area contributed by atoms with Crippen molar-refractivity contribution in [2.24, 2.45) is 0 Å². The lowest BCUT2D eigenvalue weighted by Crippen LogP contribution is -2.49. The zero-order valence-electron chi connectivity index (χ0n) is 14.0. The Hall–Kier alpha value is -2.28. The minimum absolute atomic E-state index is 0.0310. The molecular weight excluding hydrogens is 392 g/mol. The second-order valence-electron chi connectivity index (χ2n) is 6.08. The van der Waals surface area contributed by atoms with Crippen LogP contribution in [0.5, 0.6) is 0 Å². The van der Waals surface area contributed by atoms with E-state index in [0.717, 1.165) is 10.6 Å². The molecule has 2 atom stereocenters. The highest BCUT2D eigenvalue weighted by Crippen LogP contribution is 2.35. The third kappa shape index (κ3) is 4.35. The molecule has 3 rings (SSSR count). The van der Waals surface area contributed by atoms with Gasteiger partial charge in [0, 0.05) is 25.5 Å². The number of aromatic nitrogens is 4. The lowest BCUT2D eigenvalue weighted by atomic mass is 10.1. The van der Waals surface area contributed by atoms with Gasteiger partial charge in [-0.05, 0) is 6.42 Å². The van der Waals surface area contributed by atoms with Crippen LogP contribution in [0.1, 0.15) is 12.0 Å². The zero-order valence-corrected chi connectivity index (χ0v) is 14.9. The van der Waals surface area contributed by atoms with E-state index in [9.17, 15) is 26.0 Å².